The second-order valence-electron chi connectivity index (χ2n) is 7.00. The number of nitrogens with zero attached hydrogens (tertiary/aromatic N) is 3. The molecule has 1 saturated heterocycles. The number of carbonyl (C=O) groups excluding carboxylic acids is 1. The summed E-state index contributed by atoms with van der Waals surface area (Å²) in [5.41, 5.74) is 13.1. The van der Waals surface area contributed by atoms with Crippen LogP contribution in [0.2, 0.25) is 0 Å². The number of nitrogens with two attached hydrogens (primary N) is 2. The molecule has 1 aliphatic heterocycles. The second kappa shape index (κ2) is 11.8. The highest BCUT2D eigenvalue weighted by Gasteiger charge is 2.16. The molecule has 1 aromatic heterocycles. The number of hydrogen-bond acceptors (Lipinski definition) is 10. The smallest absolute Gasteiger partial charge is 0.273 e. The Balaban J connectivity index is 1.48. The molecule has 6 N–H and O–H groups in total. The Labute approximate surface area is 190 Å². The zero-order valence-electron chi connectivity index (χ0n) is 17.8. The molecule has 1 aromatic carbocycles. The van der Waals surface area contributed by atoms with Crippen LogP contribution >= 0.6 is 11.3 Å². The van der Waals surface area contributed by atoms with E-state index >= 15 is 0 Å². The van der Waals surface area contributed by atoms with Crippen molar-refractivity contribution in [3.8, 4) is 5.75 Å². The van der Waals surface area contributed by atoms with Crippen LogP contribution in [0.3, 0.4) is 0 Å². The average molecular weight is 458 g/mol. The molecule has 0 saturated carbocycles. The maximum absolute atomic E-state index is 11.5. The normalized spacial score (nSPS) is 14.9. The number of aliphatic imine (C=N–C) groups is 1. The van der Waals surface area contributed by atoms with Crippen LogP contribution in [0.4, 0.5) is 5.13 Å². The first-order valence-corrected chi connectivity index (χ1v) is 11.0. The van der Waals surface area contributed by atoms with Crippen molar-refractivity contribution in [2.75, 3.05) is 45.6 Å². The summed E-state index contributed by atoms with van der Waals surface area (Å²) in [7, 11) is 1.75. The molecule has 170 valence electrons. The molecule has 0 radical (unpaired) electrons. The third-order valence-electron chi connectivity index (χ3n) is 4.58. The SMILES string of the molecule is CN=C/C(=C\NCC1CNC1)c1ccc(OCCO/N=C(\C(N)=O)c2csc(N)n2)cc1. The third kappa shape index (κ3) is 6.79. The molecule has 3 rings (SSSR count). The van der Waals surface area contributed by atoms with Crippen molar-refractivity contribution in [3.63, 3.8) is 0 Å². The summed E-state index contributed by atoms with van der Waals surface area (Å²) in [5, 5.41) is 12.3. The number of nitrogen functional groups attached to an aromatic ring is 1. The Bertz CT molecular complexity index is 982. The van der Waals surface area contributed by atoms with E-state index in [1.807, 2.05) is 36.7 Å². The molecule has 0 bridgehead atoms. The number of hydrogen-bond donors (Lipinski definition) is 4. The largest absolute Gasteiger partial charge is 0.490 e. The van der Waals surface area contributed by atoms with Gasteiger partial charge in [0.15, 0.2) is 17.5 Å². The van der Waals surface area contributed by atoms with Crippen LogP contribution in [0.25, 0.3) is 5.57 Å². The van der Waals surface area contributed by atoms with Crippen LogP contribution in [0.5, 0.6) is 5.75 Å². The standard InChI is InChI=1S/C21H27N7O3S/c1-24-11-16(12-26-10-14-8-25-9-14)15-2-4-17(5-3-15)30-6-7-31-28-19(20(22)29)18-13-32-21(23)27-18/h2-5,11-14,25-26H,6-10H2,1H3,(H2,22,29)(H2,23,27)/b16-12+,24-11?,28-19-. The summed E-state index contributed by atoms with van der Waals surface area (Å²) in [5.74, 6) is 0.613. The van der Waals surface area contributed by atoms with Crippen molar-refractivity contribution >= 4 is 39.9 Å². The van der Waals surface area contributed by atoms with Gasteiger partial charge < -0.3 is 31.7 Å². The van der Waals surface area contributed by atoms with Gasteiger partial charge in [0.1, 0.15) is 18.1 Å². The lowest BCUT2D eigenvalue weighted by Crippen LogP contribution is -2.46. The van der Waals surface area contributed by atoms with E-state index in [0.29, 0.717) is 16.8 Å². The van der Waals surface area contributed by atoms with Gasteiger partial charge in [0.25, 0.3) is 5.91 Å². The first kappa shape index (κ1) is 23.2. The van der Waals surface area contributed by atoms with Crippen molar-refractivity contribution in [2.45, 2.75) is 0 Å². The molecule has 2 aromatic rings. The van der Waals surface area contributed by atoms with Crippen LogP contribution in [0.15, 0.2) is 46.0 Å². The third-order valence-corrected chi connectivity index (χ3v) is 5.26. The van der Waals surface area contributed by atoms with Crippen LogP contribution in [-0.2, 0) is 9.63 Å². The van der Waals surface area contributed by atoms with E-state index in [4.69, 9.17) is 21.0 Å². The monoisotopic (exact) mass is 457 g/mol. The Hall–Kier alpha value is -3.44. The van der Waals surface area contributed by atoms with Crippen molar-refractivity contribution in [1.29, 1.82) is 0 Å². The number of anilines is 1. The van der Waals surface area contributed by atoms with Gasteiger partial charge in [-0.25, -0.2) is 4.98 Å². The van der Waals surface area contributed by atoms with E-state index < -0.39 is 5.91 Å². The Morgan fingerprint density at radius 2 is 2.12 bits per heavy atom. The van der Waals surface area contributed by atoms with E-state index in [0.717, 1.165) is 30.8 Å². The lowest BCUT2D eigenvalue weighted by Gasteiger charge is -2.26. The average Bonchev–Trinajstić information content (AvgIpc) is 3.17. The lowest BCUT2D eigenvalue weighted by atomic mass is 10.0. The quantitative estimate of drug-likeness (QED) is 0.210. The summed E-state index contributed by atoms with van der Waals surface area (Å²) >= 11 is 1.19. The molecule has 32 heavy (non-hydrogen) atoms. The number of rotatable bonds is 12. The maximum Gasteiger partial charge on any atom is 0.273 e. The molecule has 0 spiro atoms. The zero-order chi connectivity index (χ0) is 22.8. The molecule has 2 heterocycles. The van der Waals surface area contributed by atoms with Crippen LogP contribution in [0, 0.1) is 5.92 Å². The fourth-order valence-electron chi connectivity index (χ4n) is 2.83. The van der Waals surface area contributed by atoms with Crippen molar-refractivity contribution in [1.82, 2.24) is 15.6 Å². The van der Waals surface area contributed by atoms with Gasteiger partial charge in [0, 0.05) is 56.0 Å². The van der Waals surface area contributed by atoms with Crippen molar-refractivity contribution in [3.05, 3.63) is 47.1 Å². The van der Waals surface area contributed by atoms with Gasteiger partial charge in [-0.05, 0) is 17.7 Å². The zero-order valence-corrected chi connectivity index (χ0v) is 18.6. The lowest BCUT2D eigenvalue weighted by molar-refractivity contribution is -0.112. The predicted molar refractivity (Wildman–Crippen MR) is 127 cm³/mol. The Morgan fingerprint density at radius 1 is 1.34 bits per heavy atom. The second-order valence-corrected chi connectivity index (χ2v) is 7.89. The molecule has 0 atom stereocenters. The summed E-state index contributed by atoms with van der Waals surface area (Å²) in [6.45, 7) is 3.42. The first-order valence-electron chi connectivity index (χ1n) is 10.1. The van der Waals surface area contributed by atoms with E-state index in [9.17, 15) is 4.79 Å². The summed E-state index contributed by atoms with van der Waals surface area (Å²) in [6.07, 6.45) is 3.80. The fourth-order valence-corrected chi connectivity index (χ4v) is 3.38. The molecular weight excluding hydrogens is 430 g/mol. The summed E-state index contributed by atoms with van der Waals surface area (Å²) < 4.78 is 5.67. The van der Waals surface area contributed by atoms with Crippen LogP contribution in [0.1, 0.15) is 11.3 Å². The number of amides is 1. The van der Waals surface area contributed by atoms with Gasteiger partial charge in [-0.3, -0.25) is 9.79 Å². The number of primary amides is 1. The molecular formula is C21H27N7O3S. The molecule has 10 nitrogen and oxygen atoms in total. The van der Waals surface area contributed by atoms with E-state index in [-0.39, 0.29) is 24.6 Å². The van der Waals surface area contributed by atoms with E-state index in [1.54, 1.807) is 12.4 Å². The minimum absolute atomic E-state index is 0.0820. The maximum atomic E-state index is 11.5. The van der Waals surface area contributed by atoms with Gasteiger partial charge >= 0.3 is 0 Å². The number of benzene rings is 1. The highest BCUT2D eigenvalue weighted by Crippen LogP contribution is 2.18. The summed E-state index contributed by atoms with van der Waals surface area (Å²) in [6, 6.07) is 7.68. The number of oxime groups is 1. The minimum Gasteiger partial charge on any atom is -0.490 e. The van der Waals surface area contributed by atoms with Crippen molar-refractivity contribution in [2.24, 2.45) is 21.8 Å². The number of nitrogens with one attached hydrogen (secondary N) is 2. The number of thiazole rings is 1. The first-order chi connectivity index (χ1) is 15.6. The van der Waals surface area contributed by atoms with E-state index in [2.05, 4.69) is 25.8 Å². The molecule has 0 unspecified atom stereocenters. The highest BCUT2D eigenvalue weighted by molar-refractivity contribution is 7.13. The van der Waals surface area contributed by atoms with Gasteiger partial charge in [-0.1, -0.05) is 17.3 Å². The number of aromatic nitrogens is 1. The molecule has 1 aliphatic rings. The van der Waals surface area contributed by atoms with Gasteiger partial charge in [-0.15, -0.1) is 11.3 Å². The van der Waals surface area contributed by atoms with Gasteiger partial charge in [0.05, 0.1) is 0 Å². The molecule has 11 heteroatoms. The van der Waals surface area contributed by atoms with Crippen molar-refractivity contribution < 1.29 is 14.4 Å². The predicted octanol–water partition coefficient (Wildman–Crippen LogP) is 0.861. The molecule has 1 amide bonds. The van der Waals surface area contributed by atoms with Gasteiger partial charge in [0.2, 0.25) is 0 Å². The van der Waals surface area contributed by atoms with Crippen LogP contribution in [-0.4, -0.2) is 62.7 Å². The highest BCUT2D eigenvalue weighted by atomic mass is 32.1. The Kier molecular flexibility index (Phi) is 8.58. The topological polar surface area (TPSA) is 149 Å². The summed E-state index contributed by atoms with van der Waals surface area (Å²) in [4.78, 5) is 24.8. The molecule has 1 fully saturated rings. The number of carbonyl (C=O) groups is 1. The van der Waals surface area contributed by atoms with Gasteiger partial charge in [-0.2, -0.15) is 0 Å². The number of ether oxygens (including phenoxy) is 1. The molecule has 0 aliphatic carbocycles. The number of allylic oxidation sites excluding steroid dienone is 1. The van der Waals surface area contributed by atoms with E-state index in [1.165, 1.54) is 11.3 Å². The fraction of sp³-hybridized carbons (Fsp3) is 0.333. The van der Waals surface area contributed by atoms with Crippen LogP contribution < -0.4 is 26.8 Å². The minimum atomic E-state index is -0.745. The Morgan fingerprint density at radius 3 is 2.72 bits per heavy atom.